The number of carbonyl (C=O) groups excluding carboxylic acids is 1. The van der Waals surface area contributed by atoms with Crippen molar-refractivity contribution < 1.29 is 35.4 Å². The summed E-state index contributed by atoms with van der Waals surface area (Å²) in [6, 6.07) is 0. The van der Waals surface area contributed by atoms with E-state index in [0.717, 1.165) is 11.1 Å². The van der Waals surface area contributed by atoms with Crippen molar-refractivity contribution in [2.75, 3.05) is 0 Å². The lowest BCUT2D eigenvalue weighted by Gasteiger charge is -2.52. The molecule has 1 fully saturated rings. The maximum Gasteiger partial charge on any atom is 0.227 e. The van der Waals surface area contributed by atoms with Gasteiger partial charge in [-0.2, -0.15) is 0 Å². The molecule has 0 aromatic carbocycles. The molecule has 34 heavy (non-hydrogen) atoms. The second kappa shape index (κ2) is 8.00. The minimum atomic E-state index is -1.44. The van der Waals surface area contributed by atoms with Gasteiger partial charge in [0.25, 0.3) is 0 Å². The van der Waals surface area contributed by atoms with Crippen LogP contribution in [-0.2, 0) is 4.79 Å². The number of hydrogen-bond donors (Lipinski definition) is 6. The molecular weight excluding hydrogens is 436 g/mol. The molecule has 1 saturated carbocycles. The van der Waals surface area contributed by atoms with Gasteiger partial charge in [-0.25, -0.2) is 0 Å². The maximum absolute atomic E-state index is 13.4. The van der Waals surface area contributed by atoms with Crippen LogP contribution in [0.3, 0.4) is 0 Å². The van der Waals surface area contributed by atoms with E-state index in [4.69, 9.17) is 0 Å². The van der Waals surface area contributed by atoms with E-state index in [1.54, 1.807) is 20.8 Å². The van der Waals surface area contributed by atoms with Gasteiger partial charge in [-0.05, 0) is 81.4 Å². The summed E-state index contributed by atoms with van der Waals surface area (Å²) in [5, 5.41) is 64.0. The molecule has 0 aromatic heterocycles. The minimum absolute atomic E-state index is 0.0626. The molecule has 7 heteroatoms. The highest BCUT2D eigenvalue weighted by Crippen LogP contribution is 2.63. The van der Waals surface area contributed by atoms with Gasteiger partial charge in [0.1, 0.15) is 0 Å². The number of carbonyl (C=O) groups is 1. The molecule has 7 atom stereocenters. The number of Topliss-reactive ketones (excluding diaryl/α,β-unsaturated/α-hetero) is 1. The largest absolute Gasteiger partial charge is 0.504 e. The van der Waals surface area contributed by atoms with Crippen LogP contribution >= 0.6 is 0 Å². The van der Waals surface area contributed by atoms with Crippen LogP contribution in [0.4, 0.5) is 0 Å². The molecule has 4 aliphatic carbocycles. The highest BCUT2D eigenvalue weighted by atomic mass is 16.3. The average Bonchev–Trinajstić information content (AvgIpc) is 3.09. The lowest BCUT2D eigenvalue weighted by atomic mass is 9.53. The molecule has 0 heterocycles. The fourth-order valence-corrected chi connectivity index (χ4v) is 7.16. The summed E-state index contributed by atoms with van der Waals surface area (Å²) in [4.78, 5) is 13.4. The summed E-state index contributed by atoms with van der Waals surface area (Å²) in [6.07, 6.45) is 1.57. The molecule has 6 N–H and O–H groups in total. The Morgan fingerprint density at radius 3 is 2.38 bits per heavy atom. The summed E-state index contributed by atoms with van der Waals surface area (Å²) >= 11 is 0. The molecule has 7 nitrogen and oxygen atoms in total. The van der Waals surface area contributed by atoms with Crippen LogP contribution in [-0.4, -0.2) is 65.9 Å². The first kappa shape index (κ1) is 25.6. The third-order valence-electron chi connectivity index (χ3n) is 9.35. The Labute approximate surface area is 201 Å². The van der Waals surface area contributed by atoms with E-state index in [1.807, 2.05) is 19.9 Å². The molecule has 0 aliphatic heterocycles. The van der Waals surface area contributed by atoms with Crippen molar-refractivity contribution >= 4 is 5.78 Å². The summed E-state index contributed by atoms with van der Waals surface area (Å²) in [6.45, 7) is 8.93. The van der Waals surface area contributed by atoms with E-state index in [-0.39, 0.29) is 30.9 Å². The second-order valence-corrected chi connectivity index (χ2v) is 12.3. The molecule has 0 amide bonds. The van der Waals surface area contributed by atoms with Gasteiger partial charge in [0.05, 0.1) is 29.5 Å². The van der Waals surface area contributed by atoms with Crippen LogP contribution in [0.25, 0.3) is 0 Å². The number of allylic oxidation sites excluding steroid dienone is 4. The fourth-order valence-electron chi connectivity index (χ4n) is 7.16. The van der Waals surface area contributed by atoms with Gasteiger partial charge in [0.2, 0.25) is 5.78 Å². The Kier molecular flexibility index (Phi) is 6.02. The van der Waals surface area contributed by atoms with Crippen molar-refractivity contribution in [2.45, 2.75) is 109 Å². The van der Waals surface area contributed by atoms with Crippen molar-refractivity contribution in [3.63, 3.8) is 0 Å². The van der Waals surface area contributed by atoms with Crippen LogP contribution in [0, 0.1) is 16.7 Å². The Morgan fingerprint density at radius 1 is 1.12 bits per heavy atom. The zero-order chi connectivity index (χ0) is 25.4. The number of aliphatic hydroxyl groups excluding tert-OH is 4. The topological polar surface area (TPSA) is 138 Å². The molecular formula is C27H40O7. The third-order valence-corrected chi connectivity index (χ3v) is 9.35. The van der Waals surface area contributed by atoms with Crippen molar-refractivity contribution in [3.05, 3.63) is 34.1 Å². The predicted octanol–water partition coefficient (Wildman–Crippen LogP) is 2.61. The molecule has 4 aliphatic rings. The molecule has 0 bridgehead atoms. The van der Waals surface area contributed by atoms with E-state index < -0.39 is 46.1 Å². The van der Waals surface area contributed by atoms with Gasteiger partial charge in [-0.3, -0.25) is 4.79 Å². The molecule has 190 valence electrons. The Morgan fingerprint density at radius 2 is 1.76 bits per heavy atom. The molecule has 0 spiro atoms. The van der Waals surface area contributed by atoms with E-state index in [2.05, 4.69) is 0 Å². The smallest absolute Gasteiger partial charge is 0.227 e. The Bertz CT molecular complexity index is 981. The second-order valence-electron chi connectivity index (χ2n) is 12.3. The van der Waals surface area contributed by atoms with Crippen molar-refractivity contribution in [2.24, 2.45) is 16.7 Å². The summed E-state index contributed by atoms with van der Waals surface area (Å²) in [5.41, 5.74) is -1.00. The number of hydrogen-bond acceptors (Lipinski definition) is 7. The van der Waals surface area contributed by atoms with Crippen molar-refractivity contribution in [3.8, 4) is 0 Å². The van der Waals surface area contributed by atoms with E-state index >= 15 is 0 Å². The van der Waals surface area contributed by atoms with Crippen molar-refractivity contribution in [1.82, 2.24) is 0 Å². The maximum atomic E-state index is 13.4. The number of aliphatic hydroxyl groups is 6. The standard InChI is InChI=1S/C27H40O7/c1-24(2,33)10-9-20(30)27(5,34)19-7-6-14-21-15(8-11-25(14,19)3)26(4)13-18(29)17(28)12-16(26)22(31)23(21)32/h6,17-20,28-31,33-34H,7-13H2,1-5H3. The Hall–Kier alpha value is -1.51. The van der Waals surface area contributed by atoms with Gasteiger partial charge in [-0.1, -0.05) is 19.9 Å². The number of ketones is 1. The van der Waals surface area contributed by atoms with Crippen LogP contribution in [0.15, 0.2) is 34.1 Å². The molecule has 0 radical (unpaired) electrons. The summed E-state index contributed by atoms with van der Waals surface area (Å²) in [7, 11) is 0. The van der Waals surface area contributed by atoms with Crippen LogP contribution in [0.5, 0.6) is 0 Å². The number of fused-ring (bicyclic) bond motifs is 4. The first-order chi connectivity index (χ1) is 15.5. The lowest BCUT2D eigenvalue weighted by Crippen LogP contribution is -2.53. The normalized spacial score (nSPS) is 38.7. The van der Waals surface area contributed by atoms with Gasteiger partial charge in [0, 0.05) is 23.3 Å². The van der Waals surface area contributed by atoms with Crippen LogP contribution < -0.4 is 0 Å². The summed E-state index contributed by atoms with van der Waals surface area (Å²) < 4.78 is 0. The van der Waals surface area contributed by atoms with E-state index in [1.165, 1.54) is 0 Å². The van der Waals surface area contributed by atoms with Crippen LogP contribution in [0.2, 0.25) is 0 Å². The summed E-state index contributed by atoms with van der Waals surface area (Å²) in [5.74, 6) is -1.13. The zero-order valence-electron chi connectivity index (χ0n) is 20.9. The predicted molar refractivity (Wildman–Crippen MR) is 127 cm³/mol. The number of rotatable bonds is 5. The SMILES string of the molecule is CC(C)(O)CCC(O)C(C)(O)C1CC=C2C3=C(CCC21C)C1(C)CC(O)C(O)CC1=C(O)C3=O. The monoisotopic (exact) mass is 476 g/mol. The van der Waals surface area contributed by atoms with Gasteiger partial charge < -0.3 is 30.6 Å². The molecule has 0 aromatic rings. The highest BCUT2D eigenvalue weighted by Gasteiger charge is 2.59. The van der Waals surface area contributed by atoms with Gasteiger partial charge >= 0.3 is 0 Å². The van der Waals surface area contributed by atoms with Crippen molar-refractivity contribution in [1.29, 1.82) is 0 Å². The zero-order valence-corrected chi connectivity index (χ0v) is 20.9. The van der Waals surface area contributed by atoms with E-state index in [0.29, 0.717) is 36.8 Å². The van der Waals surface area contributed by atoms with Gasteiger partial charge in [0.15, 0.2) is 5.76 Å². The fraction of sp³-hybridized carbons (Fsp3) is 0.741. The van der Waals surface area contributed by atoms with E-state index in [9.17, 15) is 35.4 Å². The molecule has 4 rings (SSSR count). The molecule has 0 saturated heterocycles. The minimum Gasteiger partial charge on any atom is -0.504 e. The first-order valence-corrected chi connectivity index (χ1v) is 12.4. The quantitative estimate of drug-likeness (QED) is 0.359. The highest BCUT2D eigenvalue weighted by molar-refractivity contribution is 6.12. The van der Waals surface area contributed by atoms with Crippen LogP contribution in [0.1, 0.15) is 79.6 Å². The van der Waals surface area contributed by atoms with Gasteiger partial charge in [-0.15, -0.1) is 0 Å². The lowest BCUT2D eigenvalue weighted by molar-refractivity contribution is -0.132. The third kappa shape index (κ3) is 3.71. The first-order valence-electron chi connectivity index (χ1n) is 12.4. The Balaban J connectivity index is 1.69. The average molecular weight is 477 g/mol. The molecule has 7 unspecified atom stereocenters.